The second-order valence-corrected chi connectivity index (χ2v) is 5.00. The van der Waals surface area contributed by atoms with Crippen LogP contribution in [0.3, 0.4) is 0 Å². The summed E-state index contributed by atoms with van der Waals surface area (Å²) < 4.78 is 4.57. The van der Waals surface area contributed by atoms with E-state index in [-0.39, 0.29) is 28.7 Å². The first-order valence-electron chi connectivity index (χ1n) is 6.53. The number of aromatic nitrogens is 2. The molecule has 110 valence electrons. The monoisotopic (exact) mass is 291 g/mol. The number of benzene rings is 1. The maximum absolute atomic E-state index is 11.9. The molecule has 2 N–H and O–H groups in total. The van der Waals surface area contributed by atoms with Crippen LogP contribution in [0, 0.1) is 10.1 Å². The van der Waals surface area contributed by atoms with E-state index in [2.05, 4.69) is 25.6 Å². The molecule has 1 heterocycles. The zero-order valence-electron chi connectivity index (χ0n) is 11.2. The van der Waals surface area contributed by atoms with Crippen LogP contribution in [0.2, 0.25) is 0 Å². The Balaban J connectivity index is 1.83. The number of carbonyl (C=O) groups is 1. The van der Waals surface area contributed by atoms with Gasteiger partial charge >= 0.3 is 5.69 Å². The van der Waals surface area contributed by atoms with Crippen molar-refractivity contribution >= 4 is 28.3 Å². The number of hydrogen-bond donors (Lipinski definition) is 2. The van der Waals surface area contributed by atoms with Crippen molar-refractivity contribution in [3.8, 4) is 0 Å². The van der Waals surface area contributed by atoms with Gasteiger partial charge in [-0.3, -0.25) is 14.9 Å². The number of nitro groups is 1. The van der Waals surface area contributed by atoms with E-state index in [0.29, 0.717) is 5.69 Å². The summed E-state index contributed by atoms with van der Waals surface area (Å²) in [5, 5.41) is 23.9. The number of non-ortho nitro benzene ring substituents is 1. The van der Waals surface area contributed by atoms with Crippen LogP contribution in [-0.4, -0.2) is 33.2 Å². The molecule has 0 aliphatic heterocycles. The first kappa shape index (κ1) is 13.3. The molecule has 1 aromatic heterocycles. The van der Waals surface area contributed by atoms with E-state index in [1.165, 1.54) is 12.1 Å². The van der Waals surface area contributed by atoms with E-state index >= 15 is 0 Å². The van der Waals surface area contributed by atoms with Crippen LogP contribution in [-0.2, 0) is 4.79 Å². The molecule has 1 unspecified atom stereocenters. The minimum Gasteiger partial charge on any atom is -0.372 e. The van der Waals surface area contributed by atoms with Gasteiger partial charge in [0.1, 0.15) is 6.04 Å². The van der Waals surface area contributed by atoms with Gasteiger partial charge in [-0.25, -0.2) is 4.63 Å². The fourth-order valence-corrected chi connectivity index (χ4v) is 1.97. The molecular formula is C12H13N5O4. The van der Waals surface area contributed by atoms with E-state index < -0.39 is 11.0 Å². The Hall–Kier alpha value is -2.71. The molecule has 1 saturated carbocycles. The first-order valence-corrected chi connectivity index (χ1v) is 6.53. The predicted molar refractivity (Wildman–Crippen MR) is 72.7 cm³/mol. The van der Waals surface area contributed by atoms with Crippen LogP contribution in [0.4, 0.5) is 11.4 Å². The largest absolute Gasteiger partial charge is 0.372 e. The summed E-state index contributed by atoms with van der Waals surface area (Å²) >= 11 is 0. The second-order valence-electron chi connectivity index (χ2n) is 5.00. The lowest BCUT2D eigenvalue weighted by molar-refractivity contribution is -0.383. The minimum absolute atomic E-state index is 0.0554. The Morgan fingerprint density at radius 3 is 2.81 bits per heavy atom. The number of nitro benzene ring substituents is 1. The van der Waals surface area contributed by atoms with Crippen molar-refractivity contribution in [1.29, 1.82) is 0 Å². The molecule has 1 aliphatic rings. The van der Waals surface area contributed by atoms with Crippen molar-refractivity contribution in [1.82, 2.24) is 15.6 Å². The highest BCUT2D eigenvalue weighted by atomic mass is 16.6. The number of hydrogen-bond acceptors (Lipinski definition) is 7. The quantitative estimate of drug-likeness (QED) is 0.626. The Morgan fingerprint density at radius 1 is 1.43 bits per heavy atom. The molecule has 1 aromatic carbocycles. The lowest BCUT2D eigenvalue weighted by atomic mass is 10.2. The summed E-state index contributed by atoms with van der Waals surface area (Å²) in [6.45, 7) is 1.71. The number of carbonyl (C=O) groups excluding carboxylic acids is 1. The van der Waals surface area contributed by atoms with Gasteiger partial charge in [-0.1, -0.05) is 0 Å². The summed E-state index contributed by atoms with van der Waals surface area (Å²) in [5.74, 6) is -0.125. The van der Waals surface area contributed by atoms with Crippen molar-refractivity contribution in [2.75, 3.05) is 5.32 Å². The summed E-state index contributed by atoms with van der Waals surface area (Å²) in [4.78, 5) is 22.2. The Kier molecular flexibility index (Phi) is 3.16. The van der Waals surface area contributed by atoms with Gasteiger partial charge in [0.15, 0.2) is 5.52 Å². The average molecular weight is 291 g/mol. The third kappa shape index (κ3) is 2.62. The molecule has 3 rings (SSSR count). The fourth-order valence-electron chi connectivity index (χ4n) is 1.97. The van der Waals surface area contributed by atoms with E-state index in [0.717, 1.165) is 12.8 Å². The molecule has 1 amide bonds. The number of anilines is 1. The van der Waals surface area contributed by atoms with Gasteiger partial charge < -0.3 is 10.6 Å². The molecule has 9 heteroatoms. The molecule has 0 spiro atoms. The minimum atomic E-state index is -0.556. The van der Waals surface area contributed by atoms with Crippen molar-refractivity contribution in [2.45, 2.75) is 31.8 Å². The molecular weight excluding hydrogens is 278 g/mol. The maximum Gasteiger partial charge on any atom is 0.300 e. The maximum atomic E-state index is 11.9. The SMILES string of the molecule is CC(Nc1ccc([N+](=O)[O-])c2nonc12)C(=O)NC1CC1. The number of nitrogens with one attached hydrogen (secondary N) is 2. The summed E-state index contributed by atoms with van der Waals surface area (Å²) in [6, 6.07) is 2.57. The van der Waals surface area contributed by atoms with Crippen LogP contribution < -0.4 is 10.6 Å². The van der Waals surface area contributed by atoms with Crippen LogP contribution in [0.5, 0.6) is 0 Å². The van der Waals surface area contributed by atoms with Gasteiger partial charge in [-0.15, -0.1) is 0 Å². The van der Waals surface area contributed by atoms with Crippen molar-refractivity contribution in [3.63, 3.8) is 0 Å². The molecule has 1 aliphatic carbocycles. The third-order valence-electron chi connectivity index (χ3n) is 3.28. The van der Waals surface area contributed by atoms with Crippen LogP contribution in [0.1, 0.15) is 19.8 Å². The van der Waals surface area contributed by atoms with Gasteiger partial charge in [0, 0.05) is 12.1 Å². The highest BCUT2D eigenvalue weighted by molar-refractivity contribution is 5.95. The van der Waals surface area contributed by atoms with Gasteiger partial charge in [0.2, 0.25) is 11.4 Å². The number of nitrogens with zero attached hydrogens (tertiary/aromatic N) is 3. The molecule has 2 aromatic rings. The van der Waals surface area contributed by atoms with Crippen LogP contribution in [0.25, 0.3) is 11.0 Å². The standard InChI is InChI=1S/C12H13N5O4/c1-6(12(18)14-7-2-3-7)13-8-4-5-9(17(19)20)11-10(8)15-21-16-11/h4-7,13H,2-3H2,1H3,(H,14,18). The lowest BCUT2D eigenvalue weighted by Gasteiger charge is -2.14. The van der Waals surface area contributed by atoms with Gasteiger partial charge in [0.05, 0.1) is 10.6 Å². The highest BCUT2D eigenvalue weighted by Gasteiger charge is 2.26. The number of fused-ring (bicyclic) bond motifs is 1. The van der Waals surface area contributed by atoms with Crippen molar-refractivity contribution in [2.24, 2.45) is 0 Å². The number of amides is 1. The van der Waals surface area contributed by atoms with Gasteiger partial charge in [-0.2, -0.15) is 0 Å². The summed E-state index contributed by atoms with van der Waals surface area (Å²) in [7, 11) is 0. The average Bonchev–Trinajstić information content (AvgIpc) is 3.11. The molecule has 0 bridgehead atoms. The summed E-state index contributed by atoms with van der Waals surface area (Å²) in [5.41, 5.74) is 0.567. The molecule has 1 fully saturated rings. The molecule has 21 heavy (non-hydrogen) atoms. The Labute approximate surface area is 118 Å². The van der Waals surface area contributed by atoms with E-state index in [9.17, 15) is 14.9 Å². The van der Waals surface area contributed by atoms with Crippen molar-refractivity contribution in [3.05, 3.63) is 22.2 Å². The Bertz CT molecular complexity index is 709. The Morgan fingerprint density at radius 2 is 2.14 bits per heavy atom. The molecule has 0 saturated heterocycles. The molecule has 0 radical (unpaired) electrons. The summed E-state index contributed by atoms with van der Waals surface area (Å²) in [6.07, 6.45) is 2.01. The second kappa shape index (κ2) is 5.00. The zero-order chi connectivity index (χ0) is 15.0. The third-order valence-corrected chi connectivity index (χ3v) is 3.28. The van der Waals surface area contributed by atoms with E-state index in [1.54, 1.807) is 6.92 Å². The van der Waals surface area contributed by atoms with Crippen molar-refractivity contribution < 1.29 is 14.3 Å². The topological polar surface area (TPSA) is 123 Å². The zero-order valence-corrected chi connectivity index (χ0v) is 11.2. The number of rotatable bonds is 5. The molecule has 1 atom stereocenters. The first-order chi connectivity index (χ1) is 10.1. The highest BCUT2D eigenvalue weighted by Crippen LogP contribution is 2.29. The van der Waals surface area contributed by atoms with Gasteiger partial charge in [-0.05, 0) is 36.1 Å². The smallest absolute Gasteiger partial charge is 0.300 e. The predicted octanol–water partition coefficient (Wildman–Crippen LogP) is 1.21. The molecule has 9 nitrogen and oxygen atoms in total. The van der Waals surface area contributed by atoms with E-state index in [4.69, 9.17) is 0 Å². The van der Waals surface area contributed by atoms with Crippen LogP contribution >= 0.6 is 0 Å². The normalized spacial score (nSPS) is 15.7. The van der Waals surface area contributed by atoms with Crippen LogP contribution in [0.15, 0.2) is 16.8 Å². The van der Waals surface area contributed by atoms with E-state index in [1.807, 2.05) is 0 Å². The van der Waals surface area contributed by atoms with Gasteiger partial charge in [0.25, 0.3) is 0 Å². The lowest BCUT2D eigenvalue weighted by Crippen LogP contribution is -2.38. The fraction of sp³-hybridized carbons (Fsp3) is 0.417.